The Bertz CT molecular complexity index is 456. The molecule has 1 aliphatic heterocycles. The minimum absolute atomic E-state index is 0.0600. The van der Waals surface area contributed by atoms with E-state index in [4.69, 9.17) is 21.1 Å². The van der Waals surface area contributed by atoms with Crippen molar-refractivity contribution in [3.05, 3.63) is 23.2 Å². The zero-order valence-electron chi connectivity index (χ0n) is 11.1. The Morgan fingerprint density at radius 2 is 2.32 bits per heavy atom. The predicted molar refractivity (Wildman–Crippen MR) is 74.8 cm³/mol. The highest BCUT2D eigenvalue weighted by Gasteiger charge is 2.23. The van der Waals surface area contributed by atoms with Crippen molar-refractivity contribution in [3.8, 4) is 5.75 Å². The number of amides is 1. The van der Waals surface area contributed by atoms with E-state index in [0.717, 1.165) is 12.8 Å². The number of rotatable bonds is 4. The average Bonchev–Trinajstić information content (AvgIpc) is 2.86. The first-order valence-corrected chi connectivity index (χ1v) is 6.82. The largest absolute Gasteiger partial charge is 0.489 e. The molecule has 0 saturated carbocycles. The summed E-state index contributed by atoms with van der Waals surface area (Å²) in [4.78, 5) is 11.9. The van der Waals surface area contributed by atoms with Crippen molar-refractivity contribution in [1.82, 2.24) is 0 Å². The molecule has 4 nitrogen and oxygen atoms in total. The fraction of sp³-hybridized carbons (Fsp3) is 0.500. The molecule has 0 aromatic heterocycles. The van der Waals surface area contributed by atoms with E-state index in [1.165, 1.54) is 0 Å². The van der Waals surface area contributed by atoms with Gasteiger partial charge in [-0.15, -0.1) is 0 Å². The quantitative estimate of drug-likeness (QED) is 0.923. The van der Waals surface area contributed by atoms with Crippen molar-refractivity contribution in [2.75, 3.05) is 11.9 Å². The number of carbonyl (C=O) groups excluding carboxylic acids is 1. The molecule has 104 valence electrons. The zero-order valence-corrected chi connectivity index (χ0v) is 11.9. The van der Waals surface area contributed by atoms with Crippen molar-refractivity contribution in [2.24, 2.45) is 0 Å². The number of ether oxygens (including phenoxy) is 2. The molecule has 1 unspecified atom stereocenters. The first kappa shape index (κ1) is 14.2. The summed E-state index contributed by atoms with van der Waals surface area (Å²) in [6, 6.07) is 5.22. The van der Waals surface area contributed by atoms with Gasteiger partial charge in [0.2, 0.25) is 0 Å². The van der Waals surface area contributed by atoms with Crippen LogP contribution >= 0.6 is 11.6 Å². The lowest BCUT2D eigenvalue weighted by atomic mass is 10.2. The summed E-state index contributed by atoms with van der Waals surface area (Å²) in [5, 5.41) is 3.29. The Kier molecular flexibility index (Phi) is 4.66. The van der Waals surface area contributed by atoms with Gasteiger partial charge in [0.25, 0.3) is 5.91 Å². The molecule has 1 aromatic rings. The van der Waals surface area contributed by atoms with Gasteiger partial charge in [0.1, 0.15) is 11.9 Å². The third-order valence-corrected chi connectivity index (χ3v) is 3.08. The lowest BCUT2D eigenvalue weighted by molar-refractivity contribution is -0.124. The molecule has 0 bridgehead atoms. The molecule has 5 heteroatoms. The first-order valence-electron chi connectivity index (χ1n) is 6.45. The summed E-state index contributed by atoms with van der Waals surface area (Å²) in [7, 11) is 0. The average molecular weight is 284 g/mol. The Morgan fingerprint density at radius 1 is 1.53 bits per heavy atom. The molecular formula is C14H18ClNO3. The van der Waals surface area contributed by atoms with Crippen molar-refractivity contribution in [1.29, 1.82) is 0 Å². The molecule has 1 fully saturated rings. The fourth-order valence-corrected chi connectivity index (χ4v) is 2.16. The van der Waals surface area contributed by atoms with Crippen LogP contribution in [0.4, 0.5) is 5.69 Å². The second-order valence-corrected chi connectivity index (χ2v) is 5.21. The highest BCUT2D eigenvalue weighted by Crippen LogP contribution is 2.28. The van der Waals surface area contributed by atoms with Crippen molar-refractivity contribution in [2.45, 2.75) is 38.9 Å². The molecule has 1 saturated heterocycles. The van der Waals surface area contributed by atoms with E-state index in [0.29, 0.717) is 23.1 Å². The third kappa shape index (κ3) is 3.85. The Hall–Kier alpha value is -1.26. The van der Waals surface area contributed by atoms with Gasteiger partial charge in [-0.1, -0.05) is 11.6 Å². The Balaban J connectivity index is 2.01. The molecule has 1 aliphatic rings. The standard InChI is InChI=1S/C14H18ClNO3/c1-9(2)19-12-6-5-10(8-11(12)15)16-14(17)13-4-3-7-18-13/h5-6,8-9,13H,3-4,7H2,1-2H3,(H,16,17). The Labute approximate surface area is 118 Å². The zero-order chi connectivity index (χ0) is 13.8. The maximum atomic E-state index is 11.9. The van der Waals surface area contributed by atoms with Gasteiger partial charge in [-0.05, 0) is 44.9 Å². The fourth-order valence-electron chi connectivity index (χ4n) is 1.94. The van der Waals surface area contributed by atoms with Crippen LogP contribution < -0.4 is 10.1 Å². The summed E-state index contributed by atoms with van der Waals surface area (Å²) in [6.45, 7) is 4.52. The van der Waals surface area contributed by atoms with Crippen LogP contribution in [0.5, 0.6) is 5.75 Å². The molecule has 1 atom stereocenters. The highest BCUT2D eigenvalue weighted by atomic mass is 35.5. The smallest absolute Gasteiger partial charge is 0.253 e. The molecule has 2 rings (SSSR count). The number of hydrogen-bond acceptors (Lipinski definition) is 3. The number of carbonyl (C=O) groups is 1. The molecule has 0 spiro atoms. The van der Waals surface area contributed by atoms with E-state index in [1.54, 1.807) is 18.2 Å². The van der Waals surface area contributed by atoms with E-state index in [2.05, 4.69) is 5.32 Å². The summed E-state index contributed by atoms with van der Waals surface area (Å²) >= 11 is 6.11. The van der Waals surface area contributed by atoms with Crippen molar-refractivity contribution >= 4 is 23.2 Å². The summed E-state index contributed by atoms with van der Waals surface area (Å²) in [5.74, 6) is 0.498. The third-order valence-electron chi connectivity index (χ3n) is 2.78. The van der Waals surface area contributed by atoms with E-state index < -0.39 is 0 Å². The van der Waals surface area contributed by atoms with E-state index in [-0.39, 0.29) is 18.1 Å². The van der Waals surface area contributed by atoms with Crippen LogP contribution in [-0.2, 0) is 9.53 Å². The van der Waals surface area contributed by atoms with Gasteiger partial charge < -0.3 is 14.8 Å². The van der Waals surface area contributed by atoms with Crippen molar-refractivity contribution < 1.29 is 14.3 Å². The van der Waals surface area contributed by atoms with Gasteiger partial charge in [0.05, 0.1) is 11.1 Å². The summed E-state index contributed by atoms with van der Waals surface area (Å²) < 4.78 is 10.9. The van der Waals surface area contributed by atoms with Gasteiger partial charge in [-0.25, -0.2) is 0 Å². The summed E-state index contributed by atoms with van der Waals surface area (Å²) in [5.41, 5.74) is 0.654. The number of halogens is 1. The van der Waals surface area contributed by atoms with Crippen LogP contribution in [0, 0.1) is 0 Å². The topological polar surface area (TPSA) is 47.6 Å². The van der Waals surface area contributed by atoms with Gasteiger partial charge in [0, 0.05) is 12.3 Å². The van der Waals surface area contributed by atoms with Gasteiger partial charge in [-0.2, -0.15) is 0 Å². The SMILES string of the molecule is CC(C)Oc1ccc(NC(=O)C2CCCO2)cc1Cl. The predicted octanol–water partition coefficient (Wildman–Crippen LogP) is 3.24. The van der Waals surface area contributed by atoms with Crippen LogP contribution in [-0.4, -0.2) is 24.7 Å². The molecule has 19 heavy (non-hydrogen) atoms. The molecule has 0 radical (unpaired) electrons. The number of benzene rings is 1. The molecule has 1 heterocycles. The first-order chi connectivity index (χ1) is 9.06. The van der Waals surface area contributed by atoms with Crippen LogP contribution in [0.2, 0.25) is 5.02 Å². The molecule has 1 aromatic carbocycles. The van der Waals surface area contributed by atoms with Crippen LogP contribution in [0.15, 0.2) is 18.2 Å². The molecular weight excluding hydrogens is 266 g/mol. The Morgan fingerprint density at radius 3 is 2.89 bits per heavy atom. The lowest BCUT2D eigenvalue weighted by Crippen LogP contribution is -2.26. The number of anilines is 1. The van der Waals surface area contributed by atoms with Crippen LogP contribution in [0.3, 0.4) is 0 Å². The maximum absolute atomic E-state index is 11.9. The van der Waals surface area contributed by atoms with E-state index in [9.17, 15) is 4.79 Å². The molecule has 1 N–H and O–H groups in total. The van der Waals surface area contributed by atoms with Gasteiger partial charge in [-0.3, -0.25) is 4.79 Å². The normalized spacial score (nSPS) is 18.6. The number of nitrogens with one attached hydrogen (secondary N) is 1. The van der Waals surface area contributed by atoms with E-state index in [1.807, 2.05) is 13.8 Å². The second kappa shape index (κ2) is 6.26. The molecule has 0 aliphatic carbocycles. The summed E-state index contributed by atoms with van der Waals surface area (Å²) in [6.07, 6.45) is 1.42. The van der Waals surface area contributed by atoms with Gasteiger partial charge in [0.15, 0.2) is 0 Å². The van der Waals surface area contributed by atoms with Crippen molar-refractivity contribution in [3.63, 3.8) is 0 Å². The van der Waals surface area contributed by atoms with E-state index >= 15 is 0 Å². The highest BCUT2D eigenvalue weighted by molar-refractivity contribution is 6.32. The minimum atomic E-state index is -0.342. The maximum Gasteiger partial charge on any atom is 0.253 e. The number of hydrogen-bond donors (Lipinski definition) is 1. The minimum Gasteiger partial charge on any atom is -0.489 e. The lowest BCUT2D eigenvalue weighted by Gasteiger charge is -2.14. The van der Waals surface area contributed by atoms with Crippen LogP contribution in [0.25, 0.3) is 0 Å². The monoisotopic (exact) mass is 283 g/mol. The second-order valence-electron chi connectivity index (χ2n) is 4.80. The molecule has 1 amide bonds. The van der Waals surface area contributed by atoms with Crippen LogP contribution in [0.1, 0.15) is 26.7 Å². The van der Waals surface area contributed by atoms with Gasteiger partial charge >= 0.3 is 0 Å².